The van der Waals surface area contributed by atoms with Crippen LogP contribution in [0.5, 0.6) is 0 Å². The third-order valence-corrected chi connectivity index (χ3v) is 3.64. The molecule has 1 fully saturated rings. The van der Waals surface area contributed by atoms with Crippen LogP contribution in [0.2, 0.25) is 0 Å². The molecule has 3 nitrogen and oxygen atoms in total. The summed E-state index contributed by atoms with van der Waals surface area (Å²) in [6, 6.07) is 8.84. The third-order valence-electron chi connectivity index (χ3n) is 3.64. The van der Waals surface area contributed by atoms with Crippen molar-refractivity contribution >= 4 is 5.91 Å². The molecule has 0 aliphatic carbocycles. The quantitative estimate of drug-likeness (QED) is 0.868. The number of hydrogen-bond donors (Lipinski definition) is 1. The van der Waals surface area contributed by atoms with Crippen LogP contribution in [-0.4, -0.2) is 30.4 Å². The van der Waals surface area contributed by atoms with Gasteiger partial charge in [-0.3, -0.25) is 4.79 Å². The minimum atomic E-state index is 0.162. The molecule has 3 heteroatoms. The summed E-state index contributed by atoms with van der Waals surface area (Å²) in [6.45, 7) is 8.57. The highest BCUT2D eigenvalue weighted by atomic mass is 16.2. The van der Waals surface area contributed by atoms with Crippen LogP contribution in [0.4, 0.5) is 0 Å². The van der Waals surface area contributed by atoms with E-state index in [1.54, 1.807) is 6.92 Å². The van der Waals surface area contributed by atoms with Crippen molar-refractivity contribution in [3.63, 3.8) is 0 Å². The van der Waals surface area contributed by atoms with Crippen molar-refractivity contribution < 1.29 is 4.79 Å². The standard InChI is InChI=1S/C15H22N2O/c1-11(2)13-4-6-14(7-5-13)15-10-16-8-9-17(15)12(3)18/h4-7,11,15-16H,8-10H2,1-3H3. The van der Waals surface area contributed by atoms with Gasteiger partial charge >= 0.3 is 0 Å². The number of amides is 1. The fourth-order valence-corrected chi connectivity index (χ4v) is 2.48. The maximum atomic E-state index is 11.7. The van der Waals surface area contributed by atoms with E-state index < -0.39 is 0 Å². The summed E-state index contributed by atoms with van der Waals surface area (Å²) in [5.74, 6) is 0.710. The fraction of sp³-hybridized carbons (Fsp3) is 0.533. The van der Waals surface area contributed by atoms with E-state index >= 15 is 0 Å². The van der Waals surface area contributed by atoms with Crippen LogP contribution in [0.3, 0.4) is 0 Å². The van der Waals surface area contributed by atoms with Crippen molar-refractivity contribution in [2.45, 2.75) is 32.7 Å². The smallest absolute Gasteiger partial charge is 0.220 e. The van der Waals surface area contributed by atoms with E-state index in [2.05, 4.69) is 43.4 Å². The summed E-state index contributed by atoms with van der Waals surface area (Å²) in [6.07, 6.45) is 0. The maximum absolute atomic E-state index is 11.7. The Balaban J connectivity index is 2.20. The summed E-state index contributed by atoms with van der Waals surface area (Å²) in [4.78, 5) is 13.6. The maximum Gasteiger partial charge on any atom is 0.220 e. The first-order valence-electron chi connectivity index (χ1n) is 6.67. The molecule has 0 aromatic heterocycles. The molecule has 0 spiro atoms. The highest BCUT2D eigenvalue weighted by molar-refractivity contribution is 5.74. The highest BCUT2D eigenvalue weighted by Gasteiger charge is 2.25. The van der Waals surface area contributed by atoms with Crippen molar-refractivity contribution in [2.24, 2.45) is 0 Å². The Kier molecular flexibility index (Phi) is 4.02. The van der Waals surface area contributed by atoms with Gasteiger partial charge in [-0.05, 0) is 17.0 Å². The number of benzene rings is 1. The normalized spacial score (nSPS) is 20.2. The number of rotatable bonds is 2. The monoisotopic (exact) mass is 246 g/mol. The van der Waals surface area contributed by atoms with Crippen LogP contribution in [0.15, 0.2) is 24.3 Å². The average Bonchev–Trinajstić information content (AvgIpc) is 2.39. The van der Waals surface area contributed by atoms with E-state index in [0.717, 1.165) is 19.6 Å². The summed E-state index contributed by atoms with van der Waals surface area (Å²) >= 11 is 0. The van der Waals surface area contributed by atoms with Gasteiger partial charge in [-0.1, -0.05) is 38.1 Å². The van der Waals surface area contributed by atoms with Gasteiger partial charge in [-0.2, -0.15) is 0 Å². The number of nitrogens with one attached hydrogen (secondary N) is 1. The average molecular weight is 246 g/mol. The minimum Gasteiger partial charge on any atom is -0.333 e. The van der Waals surface area contributed by atoms with Gasteiger partial charge in [-0.15, -0.1) is 0 Å². The van der Waals surface area contributed by atoms with Gasteiger partial charge in [0.15, 0.2) is 0 Å². The van der Waals surface area contributed by atoms with E-state index in [4.69, 9.17) is 0 Å². The molecule has 1 unspecified atom stereocenters. The second kappa shape index (κ2) is 5.53. The summed E-state index contributed by atoms with van der Waals surface area (Å²) in [7, 11) is 0. The van der Waals surface area contributed by atoms with E-state index in [1.165, 1.54) is 11.1 Å². The molecular weight excluding hydrogens is 224 g/mol. The summed E-state index contributed by atoms with van der Waals surface area (Å²) in [5.41, 5.74) is 2.57. The van der Waals surface area contributed by atoms with Gasteiger partial charge in [0.2, 0.25) is 5.91 Å². The lowest BCUT2D eigenvalue weighted by Crippen LogP contribution is -2.47. The largest absolute Gasteiger partial charge is 0.333 e. The van der Waals surface area contributed by atoms with Gasteiger partial charge in [0.25, 0.3) is 0 Å². The molecule has 1 heterocycles. The van der Waals surface area contributed by atoms with E-state index in [1.807, 2.05) is 4.90 Å². The van der Waals surface area contributed by atoms with Crippen LogP contribution in [0, 0.1) is 0 Å². The van der Waals surface area contributed by atoms with E-state index in [-0.39, 0.29) is 11.9 Å². The Bertz CT molecular complexity index is 411. The van der Waals surface area contributed by atoms with Crippen LogP contribution >= 0.6 is 0 Å². The SMILES string of the molecule is CC(=O)N1CCNCC1c1ccc(C(C)C)cc1. The molecule has 0 saturated carbocycles. The molecule has 1 aromatic rings. The van der Waals surface area contributed by atoms with Crippen molar-refractivity contribution in [3.8, 4) is 0 Å². The Morgan fingerprint density at radius 1 is 1.33 bits per heavy atom. The van der Waals surface area contributed by atoms with Crippen LogP contribution < -0.4 is 5.32 Å². The van der Waals surface area contributed by atoms with Gasteiger partial charge in [0, 0.05) is 26.6 Å². The first-order chi connectivity index (χ1) is 8.59. The molecule has 0 bridgehead atoms. The lowest BCUT2D eigenvalue weighted by atomic mass is 9.97. The molecular formula is C15H22N2O. The Hall–Kier alpha value is -1.35. The van der Waals surface area contributed by atoms with Gasteiger partial charge < -0.3 is 10.2 Å². The second-order valence-electron chi connectivity index (χ2n) is 5.25. The zero-order valence-electron chi connectivity index (χ0n) is 11.4. The molecule has 1 aromatic carbocycles. The third kappa shape index (κ3) is 2.72. The van der Waals surface area contributed by atoms with Crippen LogP contribution in [-0.2, 0) is 4.79 Å². The molecule has 98 valence electrons. The minimum absolute atomic E-state index is 0.162. The van der Waals surface area contributed by atoms with Crippen molar-refractivity contribution in [2.75, 3.05) is 19.6 Å². The van der Waals surface area contributed by atoms with Crippen LogP contribution in [0.25, 0.3) is 0 Å². The predicted octanol–water partition coefficient (Wildman–Crippen LogP) is 2.30. The zero-order chi connectivity index (χ0) is 13.1. The lowest BCUT2D eigenvalue weighted by Gasteiger charge is -2.36. The molecule has 1 aliphatic heterocycles. The van der Waals surface area contributed by atoms with Gasteiger partial charge in [0.1, 0.15) is 0 Å². The van der Waals surface area contributed by atoms with Crippen molar-refractivity contribution in [3.05, 3.63) is 35.4 Å². The molecule has 1 amide bonds. The lowest BCUT2D eigenvalue weighted by molar-refractivity contribution is -0.132. The van der Waals surface area contributed by atoms with E-state index in [0.29, 0.717) is 5.92 Å². The zero-order valence-corrected chi connectivity index (χ0v) is 11.4. The Labute approximate surface area is 109 Å². The fourth-order valence-electron chi connectivity index (χ4n) is 2.48. The van der Waals surface area contributed by atoms with Crippen molar-refractivity contribution in [1.29, 1.82) is 0 Å². The molecule has 1 N–H and O–H groups in total. The van der Waals surface area contributed by atoms with Gasteiger partial charge in [0.05, 0.1) is 6.04 Å². The number of carbonyl (C=O) groups is 1. The molecule has 1 atom stereocenters. The highest BCUT2D eigenvalue weighted by Crippen LogP contribution is 2.24. The number of nitrogens with zero attached hydrogens (tertiary/aromatic N) is 1. The number of hydrogen-bond acceptors (Lipinski definition) is 2. The number of piperazine rings is 1. The second-order valence-corrected chi connectivity index (χ2v) is 5.25. The Morgan fingerprint density at radius 3 is 2.56 bits per heavy atom. The molecule has 18 heavy (non-hydrogen) atoms. The molecule has 2 rings (SSSR count). The first-order valence-corrected chi connectivity index (χ1v) is 6.67. The summed E-state index contributed by atoms with van der Waals surface area (Å²) < 4.78 is 0. The van der Waals surface area contributed by atoms with Crippen molar-refractivity contribution in [1.82, 2.24) is 10.2 Å². The predicted molar refractivity (Wildman–Crippen MR) is 73.5 cm³/mol. The first kappa shape index (κ1) is 13.1. The van der Waals surface area contributed by atoms with Gasteiger partial charge in [-0.25, -0.2) is 0 Å². The van der Waals surface area contributed by atoms with Crippen LogP contribution in [0.1, 0.15) is 43.9 Å². The van der Waals surface area contributed by atoms with E-state index in [9.17, 15) is 4.79 Å². The molecule has 1 aliphatic rings. The molecule has 0 radical (unpaired) electrons. The topological polar surface area (TPSA) is 32.3 Å². The molecule has 1 saturated heterocycles. The number of carbonyl (C=O) groups excluding carboxylic acids is 1. The Morgan fingerprint density at radius 2 is 2.00 bits per heavy atom. The summed E-state index contributed by atoms with van der Waals surface area (Å²) in [5, 5.41) is 3.36.